The SMILES string of the molecule is O=C(CCc1ccc(S(=O)(=O)NCc2ccccc2)cc1)Nc1cccc(C(F)(F)F)c1. The van der Waals surface area contributed by atoms with E-state index >= 15 is 0 Å². The number of benzene rings is 3. The second-order valence-electron chi connectivity index (χ2n) is 7.08. The van der Waals surface area contributed by atoms with E-state index in [1.165, 1.54) is 24.3 Å². The molecule has 0 aliphatic heterocycles. The fourth-order valence-corrected chi connectivity index (χ4v) is 3.97. The van der Waals surface area contributed by atoms with E-state index in [1.54, 1.807) is 12.1 Å². The maximum atomic E-state index is 12.8. The predicted molar refractivity (Wildman–Crippen MR) is 115 cm³/mol. The molecule has 0 heterocycles. The molecule has 0 spiro atoms. The second-order valence-corrected chi connectivity index (χ2v) is 8.85. The molecule has 0 bridgehead atoms. The van der Waals surface area contributed by atoms with E-state index in [9.17, 15) is 26.4 Å². The van der Waals surface area contributed by atoms with Gasteiger partial charge in [-0.3, -0.25) is 4.79 Å². The minimum atomic E-state index is -4.49. The summed E-state index contributed by atoms with van der Waals surface area (Å²) < 4.78 is 65.7. The van der Waals surface area contributed by atoms with Crippen molar-refractivity contribution in [2.45, 2.75) is 30.5 Å². The third-order valence-corrected chi connectivity index (χ3v) is 6.07. The lowest BCUT2D eigenvalue weighted by Crippen LogP contribution is -2.23. The van der Waals surface area contributed by atoms with Gasteiger partial charge in [0.1, 0.15) is 0 Å². The molecule has 0 unspecified atom stereocenters. The van der Waals surface area contributed by atoms with Crippen molar-refractivity contribution in [1.29, 1.82) is 0 Å². The Bertz CT molecular complexity index is 1160. The molecule has 0 aliphatic carbocycles. The van der Waals surface area contributed by atoms with Crippen LogP contribution in [0, 0.1) is 0 Å². The Hall–Kier alpha value is -3.17. The third kappa shape index (κ3) is 6.66. The summed E-state index contributed by atoms with van der Waals surface area (Å²) in [7, 11) is -3.68. The predicted octanol–water partition coefficient (Wildman–Crippen LogP) is 4.76. The quantitative estimate of drug-likeness (QED) is 0.507. The van der Waals surface area contributed by atoms with Crippen LogP contribution in [0.15, 0.2) is 83.8 Å². The minimum Gasteiger partial charge on any atom is -0.326 e. The molecule has 9 heteroatoms. The summed E-state index contributed by atoms with van der Waals surface area (Å²) in [6.45, 7) is 0.167. The normalized spacial score (nSPS) is 11.8. The maximum Gasteiger partial charge on any atom is 0.416 e. The molecule has 3 rings (SSSR count). The topological polar surface area (TPSA) is 75.3 Å². The van der Waals surface area contributed by atoms with E-state index in [0.29, 0.717) is 6.42 Å². The summed E-state index contributed by atoms with van der Waals surface area (Å²) in [5.41, 5.74) is 0.786. The lowest BCUT2D eigenvalue weighted by atomic mass is 10.1. The van der Waals surface area contributed by atoms with Gasteiger partial charge in [-0.15, -0.1) is 0 Å². The molecule has 0 aliphatic rings. The number of alkyl halides is 3. The standard InChI is InChI=1S/C23H21F3N2O3S/c24-23(25,26)19-7-4-8-20(15-19)28-22(29)14-11-17-9-12-21(13-10-17)32(30,31)27-16-18-5-2-1-3-6-18/h1-10,12-13,15,27H,11,14,16H2,(H,28,29). The van der Waals surface area contributed by atoms with E-state index in [0.717, 1.165) is 23.3 Å². The molecule has 0 saturated heterocycles. The summed E-state index contributed by atoms with van der Waals surface area (Å²) in [4.78, 5) is 12.2. The molecule has 0 saturated carbocycles. The number of aryl methyl sites for hydroxylation is 1. The smallest absolute Gasteiger partial charge is 0.326 e. The molecule has 0 aromatic heterocycles. The van der Waals surface area contributed by atoms with Gasteiger partial charge in [0, 0.05) is 18.7 Å². The van der Waals surface area contributed by atoms with Crippen molar-refractivity contribution in [3.63, 3.8) is 0 Å². The fourth-order valence-electron chi connectivity index (χ4n) is 2.95. The van der Waals surface area contributed by atoms with Crippen LogP contribution in [0.4, 0.5) is 18.9 Å². The van der Waals surface area contributed by atoms with E-state index < -0.39 is 27.7 Å². The summed E-state index contributed by atoms with van der Waals surface area (Å²) >= 11 is 0. The summed E-state index contributed by atoms with van der Waals surface area (Å²) in [6.07, 6.45) is -4.14. The van der Waals surface area contributed by atoms with Crippen LogP contribution >= 0.6 is 0 Å². The highest BCUT2D eigenvalue weighted by molar-refractivity contribution is 7.89. The van der Waals surface area contributed by atoms with Crippen LogP contribution in [0.2, 0.25) is 0 Å². The molecule has 168 valence electrons. The number of amides is 1. The number of nitrogens with one attached hydrogen (secondary N) is 2. The zero-order valence-corrected chi connectivity index (χ0v) is 17.7. The molecule has 1 amide bonds. The van der Waals surface area contributed by atoms with Crippen LogP contribution in [0.5, 0.6) is 0 Å². The first-order valence-corrected chi connectivity index (χ1v) is 11.2. The Morgan fingerprint density at radius 2 is 1.53 bits per heavy atom. The van der Waals surface area contributed by atoms with Crippen molar-refractivity contribution in [2.24, 2.45) is 0 Å². The average Bonchev–Trinajstić information content (AvgIpc) is 2.77. The maximum absolute atomic E-state index is 12.8. The lowest BCUT2D eigenvalue weighted by Gasteiger charge is -2.10. The van der Waals surface area contributed by atoms with Crippen molar-refractivity contribution in [3.05, 3.63) is 95.6 Å². The number of rotatable bonds is 8. The fraction of sp³-hybridized carbons (Fsp3) is 0.174. The summed E-state index contributed by atoms with van der Waals surface area (Å²) in [5, 5.41) is 2.45. The molecule has 0 atom stereocenters. The third-order valence-electron chi connectivity index (χ3n) is 4.66. The molecule has 2 N–H and O–H groups in total. The van der Waals surface area contributed by atoms with Crippen molar-refractivity contribution in [1.82, 2.24) is 4.72 Å². The van der Waals surface area contributed by atoms with Gasteiger partial charge in [0.15, 0.2) is 0 Å². The van der Waals surface area contributed by atoms with Gasteiger partial charge in [-0.05, 0) is 47.9 Å². The van der Waals surface area contributed by atoms with Crippen LogP contribution in [0.1, 0.15) is 23.1 Å². The van der Waals surface area contributed by atoms with Crippen molar-refractivity contribution in [2.75, 3.05) is 5.32 Å². The van der Waals surface area contributed by atoms with Crippen LogP contribution in [0.25, 0.3) is 0 Å². The van der Waals surface area contributed by atoms with E-state index in [4.69, 9.17) is 0 Å². The van der Waals surface area contributed by atoms with Crippen LogP contribution < -0.4 is 10.0 Å². The monoisotopic (exact) mass is 462 g/mol. The highest BCUT2D eigenvalue weighted by Crippen LogP contribution is 2.30. The van der Waals surface area contributed by atoms with Gasteiger partial charge in [-0.25, -0.2) is 13.1 Å². The number of halogens is 3. The number of carbonyl (C=O) groups excluding carboxylic acids is 1. The molecule has 0 radical (unpaired) electrons. The first kappa shape index (κ1) is 23.5. The molecular weight excluding hydrogens is 441 g/mol. The minimum absolute atomic E-state index is 0.0363. The largest absolute Gasteiger partial charge is 0.416 e. The Morgan fingerprint density at radius 3 is 2.19 bits per heavy atom. The van der Waals surface area contributed by atoms with Crippen LogP contribution in [-0.2, 0) is 34.0 Å². The van der Waals surface area contributed by atoms with Crippen molar-refractivity contribution >= 4 is 21.6 Å². The zero-order chi connectivity index (χ0) is 23.2. The lowest BCUT2D eigenvalue weighted by molar-refractivity contribution is -0.137. The van der Waals surface area contributed by atoms with E-state index in [1.807, 2.05) is 30.3 Å². The first-order chi connectivity index (χ1) is 15.1. The number of hydrogen-bond donors (Lipinski definition) is 2. The Balaban J connectivity index is 1.54. The van der Waals surface area contributed by atoms with Gasteiger partial charge in [-0.2, -0.15) is 13.2 Å². The second kappa shape index (κ2) is 9.97. The number of carbonyl (C=O) groups is 1. The van der Waals surface area contributed by atoms with Gasteiger partial charge < -0.3 is 5.32 Å². The average molecular weight is 462 g/mol. The van der Waals surface area contributed by atoms with Crippen molar-refractivity contribution < 1.29 is 26.4 Å². The van der Waals surface area contributed by atoms with Crippen LogP contribution in [0.3, 0.4) is 0 Å². The zero-order valence-electron chi connectivity index (χ0n) is 16.9. The molecule has 32 heavy (non-hydrogen) atoms. The Kier molecular flexibility index (Phi) is 7.32. The van der Waals surface area contributed by atoms with Crippen molar-refractivity contribution in [3.8, 4) is 0 Å². The van der Waals surface area contributed by atoms with Gasteiger partial charge >= 0.3 is 6.18 Å². The van der Waals surface area contributed by atoms with Gasteiger partial charge in [0.2, 0.25) is 15.9 Å². The number of hydrogen-bond acceptors (Lipinski definition) is 3. The molecule has 3 aromatic carbocycles. The first-order valence-electron chi connectivity index (χ1n) is 9.73. The Labute approximate surface area is 184 Å². The van der Waals surface area contributed by atoms with Crippen LogP contribution in [-0.4, -0.2) is 14.3 Å². The molecule has 5 nitrogen and oxygen atoms in total. The molecule has 3 aromatic rings. The highest BCUT2D eigenvalue weighted by atomic mass is 32.2. The van der Waals surface area contributed by atoms with Gasteiger partial charge in [0.05, 0.1) is 10.5 Å². The summed E-state index contributed by atoms with van der Waals surface area (Å²) in [6, 6.07) is 19.6. The summed E-state index contributed by atoms with van der Waals surface area (Å²) in [5.74, 6) is -0.439. The van der Waals surface area contributed by atoms with Gasteiger partial charge in [0.25, 0.3) is 0 Å². The molecular formula is C23H21F3N2O3S. The van der Waals surface area contributed by atoms with E-state index in [2.05, 4.69) is 10.0 Å². The number of sulfonamides is 1. The van der Waals surface area contributed by atoms with E-state index in [-0.39, 0.29) is 23.5 Å². The number of anilines is 1. The highest BCUT2D eigenvalue weighted by Gasteiger charge is 2.30. The Morgan fingerprint density at radius 1 is 0.844 bits per heavy atom. The van der Waals surface area contributed by atoms with Gasteiger partial charge in [-0.1, -0.05) is 48.5 Å². The molecule has 0 fully saturated rings.